The van der Waals surface area contributed by atoms with Crippen molar-refractivity contribution in [3.63, 3.8) is 0 Å². The first kappa shape index (κ1) is 24.4. The largest absolute Gasteiger partial charge is 0.446 e. The van der Waals surface area contributed by atoms with Crippen molar-refractivity contribution in [2.24, 2.45) is 5.73 Å². The lowest BCUT2D eigenvalue weighted by Crippen LogP contribution is -2.51. The van der Waals surface area contributed by atoms with Gasteiger partial charge in [-0.1, -0.05) is 6.07 Å². The van der Waals surface area contributed by atoms with Gasteiger partial charge in [0.15, 0.2) is 0 Å². The molecule has 1 saturated heterocycles. The number of rotatable bonds is 7. The summed E-state index contributed by atoms with van der Waals surface area (Å²) in [5.41, 5.74) is 11.4. The molecule has 1 aromatic rings. The van der Waals surface area contributed by atoms with Gasteiger partial charge in [0.1, 0.15) is 6.23 Å². The third-order valence-electron chi connectivity index (χ3n) is 5.65. The van der Waals surface area contributed by atoms with Crippen LogP contribution in [-0.2, 0) is 14.4 Å². The van der Waals surface area contributed by atoms with Crippen molar-refractivity contribution in [1.29, 1.82) is 0 Å². The van der Waals surface area contributed by atoms with Crippen molar-refractivity contribution in [1.82, 2.24) is 16.1 Å². The smallest absolute Gasteiger partial charge is 0.414 e. The molecule has 2 amide bonds. The number of hydroxylamine groups is 1. The highest BCUT2D eigenvalue weighted by atomic mass is 16.7. The molecule has 0 bridgehead atoms. The molecule has 3 rings (SSSR count). The van der Waals surface area contributed by atoms with Crippen molar-refractivity contribution in [3.05, 3.63) is 23.8 Å². The van der Waals surface area contributed by atoms with Gasteiger partial charge in [-0.2, -0.15) is 5.48 Å². The van der Waals surface area contributed by atoms with E-state index in [1.807, 2.05) is 45.9 Å². The summed E-state index contributed by atoms with van der Waals surface area (Å²) in [5, 5.41) is 6.67. The topological polar surface area (TPSA) is 121 Å². The number of ether oxygens (including phenoxy) is 1. The van der Waals surface area contributed by atoms with Crippen molar-refractivity contribution in [2.45, 2.75) is 65.1 Å². The maximum absolute atomic E-state index is 12.8. The van der Waals surface area contributed by atoms with E-state index >= 15 is 0 Å². The van der Waals surface area contributed by atoms with E-state index in [9.17, 15) is 9.59 Å². The van der Waals surface area contributed by atoms with Crippen LogP contribution in [0.1, 0.15) is 46.1 Å². The molecule has 10 heteroatoms. The quantitative estimate of drug-likeness (QED) is 0.491. The number of hydrogen-bond donors (Lipinski definition) is 4. The highest BCUT2D eigenvalue weighted by Crippen LogP contribution is 2.38. The van der Waals surface area contributed by atoms with Crippen LogP contribution in [0.25, 0.3) is 0 Å². The van der Waals surface area contributed by atoms with E-state index in [1.165, 1.54) is 0 Å². The number of nitrogens with zero attached hydrogens (tertiary/aromatic N) is 2. The Hall–Kier alpha value is -2.24. The highest BCUT2D eigenvalue weighted by Gasteiger charge is 2.35. The number of anilines is 2. The van der Waals surface area contributed by atoms with Crippen LogP contribution in [0.3, 0.4) is 0 Å². The van der Waals surface area contributed by atoms with Crippen LogP contribution in [0.4, 0.5) is 16.2 Å². The zero-order valence-electron chi connectivity index (χ0n) is 19.6. The second kappa shape index (κ2) is 10.6. The zero-order valence-corrected chi connectivity index (χ0v) is 19.6. The number of nitrogens with two attached hydrogens (primary N) is 1. The molecule has 2 aliphatic rings. The van der Waals surface area contributed by atoms with Crippen LogP contribution in [-0.4, -0.2) is 62.7 Å². The van der Waals surface area contributed by atoms with Gasteiger partial charge in [0.2, 0.25) is 5.91 Å². The van der Waals surface area contributed by atoms with E-state index in [-0.39, 0.29) is 36.4 Å². The van der Waals surface area contributed by atoms with Crippen LogP contribution in [0, 0.1) is 0 Å². The first-order chi connectivity index (χ1) is 15.2. The lowest BCUT2D eigenvalue weighted by atomic mass is 9.96. The van der Waals surface area contributed by atoms with E-state index in [1.54, 1.807) is 16.7 Å². The van der Waals surface area contributed by atoms with E-state index < -0.39 is 6.09 Å². The second-order valence-corrected chi connectivity index (χ2v) is 8.72. The lowest BCUT2D eigenvalue weighted by Gasteiger charge is -2.40. The fourth-order valence-electron chi connectivity index (χ4n) is 4.19. The summed E-state index contributed by atoms with van der Waals surface area (Å²) in [5.74, 6) is -0.0263. The van der Waals surface area contributed by atoms with Gasteiger partial charge in [-0.3, -0.25) is 19.8 Å². The van der Waals surface area contributed by atoms with Crippen LogP contribution in [0.15, 0.2) is 18.2 Å². The summed E-state index contributed by atoms with van der Waals surface area (Å²) in [7, 11) is 0. The Morgan fingerprint density at radius 3 is 2.66 bits per heavy atom. The van der Waals surface area contributed by atoms with Crippen molar-refractivity contribution in [3.8, 4) is 0 Å². The van der Waals surface area contributed by atoms with Gasteiger partial charge in [-0.05, 0) is 45.4 Å². The monoisotopic (exact) mass is 448 g/mol. The van der Waals surface area contributed by atoms with Crippen molar-refractivity contribution >= 4 is 23.4 Å². The van der Waals surface area contributed by atoms with Gasteiger partial charge in [-0.25, -0.2) is 4.79 Å². The molecule has 5 N–H and O–H groups in total. The number of amides is 2. The molecular weight excluding hydrogens is 412 g/mol. The van der Waals surface area contributed by atoms with Crippen molar-refractivity contribution < 1.29 is 19.2 Å². The maximum atomic E-state index is 12.8. The van der Waals surface area contributed by atoms with Gasteiger partial charge in [0.05, 0.1) is 29.7 Å². The predicted octanol–water partition coefficient (Wildman–Crippen LogP) is 1.22. The number of fused-ring (bicyclic) bond motifs is 1. The average molecular weight is 449 g/mol. The van der Waals surface area contributed by atoms with E-state index in [0.717, 1.165) is 5.56 Å². The normalized spacial score (nSPS) is 23.9. The summed E-state index contributed by atoms with van der Waals surface area (Å²) in [6.45, 7) is 11.2. The van der Waals surface area contributed by atoms with Gasteiger partial charge in [-0.15, -0.1) is 0 Å². The number of carbonyl (C=O) groups excluding carboxylic acids is 2. The van der Waals surface area contributed by atoms with Gasteiger partial charge in [0, 0.05) is 39.0 Å². The molecule has 1 aromatic carbocycles. The third-order valence-corrected chi connectivity index (χ3v) is 5.65. The molecule has 1 fully saturated rings. The number of carbonyl (C=O) groups is 2. The Morgan fingerprint density at radius 1 is 1.31 bits per heavy atom. The minimum absolute atomic E-state index is 0.0267. The Labute approximate surface area is 189 Å². The standard InChI is InChI=1S/C22H36N6O4/c1-13(2)31-22(30)27-12-14(3)28(16(5)29)19-7-6-17(8-20(19)27)18(9-23)10-24-11-21-25-15(4)32-26-21/h6-8,13-15,18,21,24-26H,9-12,23H2,1-5H3/t14-,15?,18?,21?/m0/s1. The highest BCUT2D eigenvalue weighted by molar-refractivity contribution is 6.02. The SMILES string of the molecule is CC(=O)N1c2ccc(C(CN)CNCC3NOC(C)N3)cc2N(C(=O)OC(C)C)C[C@@H]1C. The van der Waals surface area contributed by atoms with Crippen LogP contribution in [0.5, 0.6) is 0 Å². The molecule has 2 aliphatic heterocycles. The Morgan fingerprint density at radius 2 is 2.06 bits per heavy atom. The molecule has 0 radical (unpaired) electrons. The van der Waals surface area contributed by atoms with Gasteiger partial charge < -0.3 is 20.7 Å². The number of hydrogen-bond acceptors (Lipinski definition) is 8. The predicted molar refractivity (Wildman–Crippen MR) is 123 cm³/mol. The Kier molecular flexibility index (Phi) is 8.07. The number of benzene rings is 1. The zero-order chi connectivity index (χ0) is 23.4. The van der Waals surface area contributed by atoms with Crippen LogP contribution >= 0.6 is 0 Å². The molecule has 0 saturated carbocycles. The molecule has 0 aromatic heterocycles. The first-order valence-electron chi connectivity index (χ1n) is 11.2. The van der Waals surface area contributed by atoms with E-state index in [2.05, 4.69) is 16.1 Å². The number of nitrogens with one attached hydrogen (secondary N) is 3. The van der Waals surface area contributed by atoms with E-state index in [0.29, 0.717) is 37.6 Å². The molecule has 10 nitrogen and oxygen atoms in total. The maximum Gasteiger partial charge on any atom is 0.414 e. The molecule has 4 atom stereocenters. The van der Waals surface area contributed by atoms with Crippen LogP contribution < -0.4 is 31.6 Å². The first-order valence-corrected chi connectivity index (χ1v) is 11.2. The molecule has 0 aliphatic carbocycles. The van der Waals surface area contributed by atoms with Crippen molar-refractivity contribution in [2.75, 3.05) is 36.0 Å². The Balaban J connectivity index is 1.81. The second-order valence-electron chi connectivity index (χ2n) is 8.72. The molecule has 178 valence electrons. The summed E-state index contributed by atoms with van der Waals surface area (Å²) < 4.78 is 5.47. The van der Waals surface area contributed by atoms with Gasteiger partial charge >= 0.3 is 6.09 Å². The summed E-state index contributed by atoms with van der Waals surface area (Å²) in [4.78, 5) is 33.8. The molecular formula is C22H36N6O4. The molecule has 32 heavy (non-hydrogen) atoms. The fraction of sp³-hybridized carbons (Fsp3) is 0.636. The Bertz CT molecular complexity index is 820. The van der Waals surface area contributed by atoms with E-state index in [4.69, 9.17) is 15.3 Å². The molecule has 0 spiro atoms. The summed E-state index contributed by atoms with van der Waals surface area (Å²) >= 11 is 0. The summed E-state index contributed by atoms with van der Waals surface area (Å²) in [6, 6.07) is 5.67. The minimum atomic E-state index is -0.414. The van der Waals surface area contributed by atoms with Crippen LogP contribution in [0.2, 0.25) is 0 Å². The summed E-state index contributed by atoms with van der Waals surface area (Å²) in [6.07, 6.45) is -0.654. The molecule has 2 heterocycles. The fourth-order valence-corrected chi connectivity index (χ4v) is 4.19. The minimum Gasteiger partial charge on any atom is -0.446 e. The lowest BCUT2D eigenvalue weighted by molar-refractivity contribution is -0.117. The third kappa shape index (κ3) is 5.57. The molecule has 3 unspecified atom stereocenters. The average Bonchev–Trinajstić information content (AvgIpc) is 3.14. The van der Waals surface area contributed by atoms with Gasteiger partial charge in [0.25, 0.3) is 0 Å².